The van der Waals surface area contributed by atoms with Crippen molar-refractivity contribution in [1.29, 1.82) is 0 Å². The Bertz CT molecular complexity index is 651. The predicted molar refractivity (Wildman–Crippen MR) is 93.3 cm³/mol. The van der Waals surface area contributed by atoms with E-state index in [1.54, 1.807) is 0 Å². The van der Waals surface area contributed by atoms with Gasteiger partial charge in [0, 0.05) is 6.42 Å². The molecule has 0 aromatic rings. The number of carbonyl (C=O) groups excluding carboxylic acids is 3. The van der Waals surface area contributed by atoms with E-state index < -0.39 is 85.7 Å². The topological polar surface area (TPSA) is 245 Å². The Hall–Kier alpha value is -3.26. The fourth-order valence-corrected chi connectivity index (χ4v) is 1.95. The number of aliphatic hydroxyl groups excluding tert-OH is 1. The van der Waals surface area contributed by atoms with Gasteiger partial charge in [0.1, 0.15) is 18.1 Å². The van der Waals surface area contributed by atoms with Gasteiger partial charge in [0.05, 0.1) is 19.1 Å². The van der Waals surface area contributed by atoms with Crippen LogP contribution in [0.1, 0.15) is 26.2 Å². The monoisotopic (exact) mass is 420 g/mol. The van der Waals surface area contributed by atoms with Gasteiger partial charge in [-0.25, -0.2) is 4.79 Å². The maximum absolute atomic E-state index is 12.2. The molecule has 0 rings (SSSR count). The average molecular weight is 420 g/mol. The van der Waals surface area contributed by atoms with Crippen molar-refractivity contribution < 1.29 is 49.2 Å². The van der Waals surface area contributed by atoms with E-state index in [4.69, 9.17) is 21.1 Å². The molecule has 9 N–H and O–H groups in total. The number of aliphatic carboxylic acids is 3. The number of aliphatic hydroxyl groups is 1. The largest absolute Gasteiger partial charge is 0.481 e. The number of hydrogen-bond acceptors (Lipinski definition) is 8. The van der Waals surface area contributed by atoms with Gasteiger partial charge in [0.25, 0.3) is 0 Å². The predicted octanol–water partition coefficient (Wildman–Crippen LogP) is -3.80. The first kappa shape index (κ1) is 25.7. The summed E-state index contributed by atoms with van der Waals surface area (Å²) in [6, 6.07) is -5.95. The zero-order chi connectivity index (χ0) is 22.7. The second-order valence-electron chi connectivity index (χ2n) is 6.02. The molecule has 0 aromatic carbocycles. The lowest BCUT2D eigenvalue weighted by atomic mass is 10.1. The fraction of sp³-hybridized carbons (Fsp3) is 0.600. The van der Waals surface area contributed by atoms with Crippen molar-refractivity contribution in [3.63, 3.8) is 0 Å². The molecule has 4 atom stereocenters. The fourth-order valence-electron chi connectivity index (χ4n) is 1.95. The molecule has 0 aromatic heterocycles. The molecular formula is C15H24N4O10. The normalized spacial score (nSPS) is 14.6. The van der Waals surface area contributed by atoms with Crippen LogP contribution in [0.3, 0.4) is 0 Å². The minimum Gasteiger partial charge on any atom is -0.481 e. The van der Waals surface area contributed by atoms with Gasteiger partial charge in [-0.1, -0.05) is 0 Å². The minimum absolute atomic E-state index is 0.450. The molecule has 0 bridgehead atoms. The molecule has 0 spiro atoms. The Morgan fingerprint density at radius 3 is 1.69 bits per heavy atom. The summed E-state index contributed by atoms with van der Waals surface area (Å²) in [7, 11) is 0. The first-order chi connectivity index (χ1) is 13.4. The Morgan fingerprint density at radius 1 is 0.793 bits per heavy atom. The van der Waals surface area contributed by atoms with Gasteiger partial charge in [-0.3, -0.25) is 24.0 Å². The van der Waals surface area contributed by atoms with E-state index in [-0.39, 0.29) is 0 Å². The second-order valence-corrected chi connectivity index (χ2v) is 6.02. The molecule has 3 amide bonds. The standard InChI is InChI=1S/C15H24N4O10/c1-6(16)12(25)18-8(4-11(23)24)13(26)19-9(5-20)14(27)17-7(15(28)29)2-3-10(21)22/h6-9,20H,2-5,16H2,1H3,(H,17,27)(H,18,25)(H,19,26)(H,21,22)(H,23,24)(H,28,29). The quantitative estimate of drug-likeness (QED) is 0.143. The van der Waals surface area contributed by atoms with Crippen LogP contribution in [0.4, 0.5) is 0 Å². The van der Waals surface area contributed by atoms with E-state index >= 15 is 0 Å². The van der Waals surface area contributed by atoms with E-state index in [1.165, 1.54) is 6.92 Å². The number of amides is 3. The highest BCUT2D eigenvalue weighted by Gasteiger charge is 2.30. The van der Waals surface area contributed by atoms with Crippen molar-refractivity contribution in [2.24, 2.45) is 5.73 Å². The third-order valence-electron chi connectivity index (χ3n) is 3.50. The van der Waals surface area contributed by atoms with Crippen molar-refractivity contribution in [2.45, 2.75) is 50.4 Å². The Balaban J connectivity index is 5.16. The second kappa shape index (κ2) is 12.2. The number of carboxylic acids is 3. The smallest absolute Gasteiger partial charge is 0.326 e. The summed E-state index contributed by atoms with van der Waals surface area (Å²) in [5, 5.41) is 41.8. The summed E-state index contributed by atoms with van der Waals surface area (Å²) in [5.74, 6) is -7.38. The van der Waals surface area contributed by atoms with Gasteiger partial charge >= 0.3 is 17.9 Å². The van der Waals surface area contributed by atoms with Crippen molar-refractivity contribution in [2.75, 3.05) is 6.61 Å². The summed E-state index contributed by atoms with van der Waals surface area (Å²) in [6.45, 7) is 0.308. The molecule has 29 heavy (non-hydrogen) atoms. The summed E-state index contributed by atoms with van der Waals surface area (Å²) in [5.41, 5.74) is 5.33. The molecule has 0 heterocycles. The zero-order valence-electron chi connectivity index (χ0n) is 15.5. The number of rotatable bonds is 13. The highest BCUT2D eigenvalue weighted by atomic mass is 16.4. The number of nitrogens with one attached hydrogen (secondary N) is 3. The van der Waals surface area contributed by atoms with Crippen molar-refractivity contribution >= 4 is 35.6 Å². The van der Waals surface area contributed by atoms with Gasteiger partial charge in [0.15, 0.2) is 0 Å². The number of nitrogens with two attached hydrogens (primary N) is 1. The third kappa shape index (κ3) is 10.0. The van der Waals surface area contributed by atoms with E-state index in [2.05, 4.69) is 5.32 Å². The van der Waals surface area contributed by atoms with Crippen molar-refractivity contribution in [3.8, 4) is 0 Å². The zero-order valence-corrected chi connectivity index (χ0v) is 15.5. The molecular weight excluding hydrogens is 396 g/mol. The summed E-state index contributed by atoms with van der Waals surface area (Å²) >= 11 is 0. The summed E-state index contributed by atoms with van der Waals surface area (Å²) < 4.78 is 0. The van der Waals surface area contributed by atoms with Gasteiger partial charge in [-0.2, -0.15) is 0 Å². The van der Waals surface area contributed by atoms with E-state index in [9.17, 15) is 33.9 Å². The van der Waals surface area contributed by atoms with E-state index in [0.29, 0.717) is 0 Å². The SMILES string of the molecule is CC(N)C(=O)NC(CC(=O)O)C(=O)NC(CO)C(=O)NC(CCC(=O)O)C(=O)O. The Morgan fingerprint density at radius 2 is 1.28 bits per heavy atom. The summed E-state index contributed by atoms with van der Waals surface area (Å²) in [4.78, 5) is 68.5. The molecule has 14 nitrogen and oxygen atoms in total. The first-order valence-electron chi connectivity index (χ1n) is 8.33. The molecule has 14 heteroatoms. The van der Waals surface area contributed by atoms with Crippen LogP contribution in [0.2, 0.25) is 0 Å². The number of hydrogen-bond donors (Lipinski definition) is 8. The van der Waals surface area contributed by atoms with Gasteiger partial charge in [0.2, 0.25) is 17.7 Å². The number of carboxylic acid groups (broad SMARTS) is 3. The van der Waals surface area contributed by atoms with Gasteiger partial charge in [-0.05, 0) is 13.3 Å². The minimum atomic E-state index is -1.68. The van der Waals surface area contributed by atoms with Crippen LogP contribution < -0.4 is 21.7 Å². The average Bonchev–Trinajstić information content (AvgIpc) is 2.60. The van der Waals surface area contributed by atoms with Crippen LogP contribution in [-0.2, 0) is 28.8 Å². The maximum Gasteiger partial charge on any atom is 0.326 e. The molecule has 0 fully saturated rings. The van der Waals surface area contributed by atoms with Crippen LogP contribution in [0.25, 0.3) is 0 Å². The molecule has 0 saturated heterocycles. The molecule has 0 saturated carbocycles. The van der Waals surface area contributed by atoms with Crippen LogP contribution in [-0.4, -0.2) is 86.8 Å². The van der Waals surface area contributed by atoms with Crippen molar-refractivity contribution in [3.05, 3.63) is 0 Å². The van der Waals surface area contributed by atoms with Gasteiger partial charge in [-0.15, -0.1) is 0 Å². The Labute approximate surface area is 164 Å². The van der Waals surface area contributed by atoms with E-state index in [1.807, 2.05) is 10.6 Å². The number of carbonyl (C=O) groups is 6. The molecule has 0 aliphatic carbocycles. The van der Waals surface area contributed by atoms with Crippen LogP contribution in [0, 0.1) is 0 Å². The summed E-state index contributed by atoms with van der Waals surface area (Å²) in [6.07, 6.45) is -1.85. The lowest BCUT2D eigenvalue weighted by Crippen LogP contribution is -2.58. The molecule has 0 radical (unpaired) electrons. The van der Waals surface area contributed by atoms with Crippen molar-refractivity contribution in [1.82, 2.24) is 16.0 Å². The van der Waals surface area contributed by atoms with Crippen LogP contribution in [0.15, 0.2) is 0 Å². The Kier molecular flexibility index (Phi) is 10.9. The molecule has 0 aliphatic rings. The third-order valence-corrected chi connectivity index (χ3v) is 3.50. The van der Waals surface area contributed by atoms with Crippen LogP contribution >= 0.6 is 0 Å². The lowest BCUT2D eigenvalue weighted by molar-refractivity contribution is -0.144. The molecule has 0 aliphatic heterocycles. The van der Waals surface area contributed by atoms with Gasteiger partial charge < -0.3 is 42.1 Å². The molecule has 4 unspecified atom stereocenters. The highest BCUT2D eigenvalue weighted by molar-refractivity contribution is 5.95. The first-order valence-corrected chi connectivity index (χ1v) is 8.33. The lowest BCUT2D eigenvalue weighted by Gasteiger charge is -2.23. The van der Waals surface area contributed by atoms with E-state index in [0.717, 1.165) is 0 Å². The maximum atomic E-state index is 12.2. The molecule has 164 valence electrons. The van der Waals surface area contributed by atoms with Crippen LogP contribution in [0.5, 0.6) is 0 Å². The highest BCUT2D eigenvalue weighted by Crippen LogP contribution is 2.01.